The number of aromatic nitrogens is 3. The third kappa shape index (κ3) is 3.75. The van der Waals surface area contributed by atoms with Gasteiger partial charge in [0.1, 0.15) is 5.82 Å². The van der Waals surface area contributed by atoms with Gasteiger partial charge in [0.05, 0.1) is 5.41 Å². The van der Waals surface area contributed by atoms with E-state index in [1.54, 1.807) is 0 Å². The molecule has 2 amide bonds. The Bertz CT molecular complexity index is 952. The van der Waals surface area contributed by atoms with E-state index < -0.39 is 5.41 Å². The third-order valence-corrected chi connectivity index (χ3v) is 7.50. The van der Waals surface area contributed by atoms with Crippen molar-refractivity contribution in [1.29, 1.82) is 0 Å². The number of fused-ring (bicyclic) bond motifs is 1. The molecule has 2 aromatic rings. The molecular formula is C24H31N5O2. The first kappa shape index (κ1) is 20.2. The number of nitrogens with zero attached hydrogens (tertiary/aromatic N) is 4. The standard InChI is InChI=1S/C24H31N5O2/c1-17-25-23(27-26-17)24-15-28(21(30)12-18-8-4-2-5-9-18)13-20(24)14-29(16-24)22(31)19-10-6-3-7-11-19/h3,6-7,10-11,18,20H,2,4-5,8-9,12-16H2,1H3,(H,25,26,27)/t20-,24-/m1/s1. The number of likely N-dealkylation sites (tertiary alicyclic amines) is 2. The second-order valence-electron chi connectivity index (χ2n) is 9.63. The van der Waals surface area contributed by atoms with E-state index >= 15 is 0 Å². The van der Waals surface area contributed by atoms with Gasteiger partial charge in [-0.1, -0.05) is 37.5 Å². The average molecular weight is 422 g/mol. The van der Waals surface area contributed by atoms with Gasteiger partial charge in [0.25, 0.3) is 5.91 Å². The Labute approximate surface area is 183 Å². The first-order valence-corrected chi connectivity index (χ1v) is 11.6. The SMILES string of the molecule is Cc1nc([C@@]23CN(C(=O)CC4CCCCC4)C[C@@H]2CN(C(=O)c2ccccc2)C3)n[nH]1. The Morgan fingerprint density at radius 1 is 1.06 bits per heavy atom. The summed E-state index contributed by atoms with van der Waals surface area (Å²) in [7, 11) is 0. The van der Waals surface area contributed by atoms with Crippen LogP contribution in [0.5, 0.6) is 0 Å². The molecule has 1 aliphatic carbocycles. The van der Waals surface area contributed by atoms with Crippen LogP contribution in [0.4, 0.5) is 0 Å². The quantitative estimate of drug-likeness (QED) is 0.823. The van der Waals surface area contributed by atoms with E-state index in [-0.39, 0.29) is 17.7 Å². The van der Waals surface area contributed by atoms with Crippen LogP contribution in [0.3, 0.4) is 0 Å². The van der Waals surface area contributed by atoms with Gasteiger partial charge in [-0.25, -0.2) is 4.98 Å². The van der Waals surface area contributed by atoms with Crippen LogP contribution >= 0.6 is 0 Å². The second kappa shape index (κ2) is 8.09. The van der Waals surface area contributed by atoms with Crippen LogP contribution in [0, 0.1) is 18.8 Å². The number of benzene rings is 1. The number of amides is 2. The maximum atomic E-state index is 13.2. The van der Waals surface area contributed by atoms with Gasteiger partial charge in [-0.05, 0) is 37.8 Å². The monoisotopic (exact) mass is 421 g/mol. The molecule has 1 aromatic heterocycles. The Kier molecular flexibility index (Phi) is 5.28. The lowest BCUT2D eigenvalue weighted by Gasteiger charge is -2.28. The predicted molar refractivity (Wildman–Crippen MR) is 116 cm³/mol. The van der Waals surface area contributed by atoms with Gasteiger partial charge in [0.2, 0.25) is 5.91 Å². The highest BCUT2D eigenvalue weighted by molar-refractivity contribution is 5.94. The molecule has 3 aliphatic rings. The van der Waals surface area contributed by atoms with Crippen molar-refractivity contribution in [3.8, 4) is 0 Å². The lowest BCUT2D eigenvalue weighted by atomic mass is 9.80. The summed E-state index contributed by atoms with van der Waals surface area (Å²) in [4.78, 5) is 34.9. The Hall–Kier alpha value is -2.70. The number of carbonyl (C=O) groups is 2. The van der Waals surface area contributed by atoms with E-state index in [1.165, 1.54) is 32.1 Å². The highest BCUT2D eigenvalue weighted by Gasteiger charge is 2.57. The number of hydrogen-bond acceptors (Lipinski definition) is 4. The highest BCUT2D eigenvalue weighted by Crippen LogP contribution is 2.44. The maximum absolute atomic E-state index is 13.2. The fourth-order valence-electron chi connectivity index (χ4n) is 5.82. The van der Waals surface area contributed by atoms with Crippen molar-refractivity contribution in [3.63, 3.8) is 0 Å². The van der Waals surface area contributed by atoms with Crippen molar-refractivity contribution in [1.82, 2.24) is 25.0 Å². The summed E-state index contributed by atoms with van der Waals surface area (Å²) < 4.78 is 0. The molecule has 3 fully saturated rings. The van der Waals surface area contributed by atoms with E-state index in [4.69, 9.17) is 0 Å². The maximum Gasteiger partial charge on any atom is 0.253 e. The van der Waals surface area contributed by atoms with Gasteiger partial charge in [0.15, 0.2) is 5.82 Å². The minimum atomic E-state index is -0.391. The van der Waals surface area contributed by atoms with E-state index in [0.29, 0.717) is 44.1 Å². The van der Waals surface area contributed by atoms with Crippen molar-refractivity contribution in [2.24, 2.45) is 11.8 Å². The lowest BCUT2D eigenvalue weighted by molar-refractivity contribution is -0.131. The number of carbonyl (C=O) groups excluding carboxylic acids is 2. The van der Waals surface area contributed by atoms with Crippen molar-refractivity contribution < 1.29 is 9.59 Å². The van der Waals surface area contributed by atoms with Gasteiger partial charge in [-0.2, -0.15) is 5.10 Å². The van der Waals surface area contributed by atoms with Crippen molar-refractivity contribution in [2.45, 2.75) is 50.9 Å². The third-order valence-electron chi connectivity index (χ3n) is 7.50. The number of aromatic amines is 1. The molecule has 1 aromatic carbocycles. The van der Waals surface area contributed by atoms with Crippen LogP contribution in [-0.2, 0) is 10.2 Å². The van der Waals surface area contributed by atoms with Gasteiger partial charge in [0, 0.05) is 44.1 Å². The fourth-order valence-corrected chi connectivity index (χ4v) is 5.82. The molecule has 2 saturated heterocycles. The molecule has 0 unspecified atom stereocenters. The van der Waals surface area contributed by atoms with Gasteiger partial charge in [-0.3, -0.25) is 14.7 Å². The molecule has 31 heavy (non-hydrogen) atoms. The van der Waals surface area contributed by atoms with Crippen LogP contribution in [0.1, 0.15) is 60.5 Å². The lowest BCUT2D eigenvalue weighted by Crippen LogP contribution is -2.42. The zero-order valence-corrected chi connectivity index (χ0v) is 18.2. The molecular weight excluding hydrogens is 390 g/mol. The number of rotatable bonds is 4. The summed E-state index contributed by atoms with van der Waals surface area (Å²) in [5, 5.41) is 7.47. The van der Waals surface area contributed by atoms with Gasteiger partial charge in [-0.15, -0.1) is 0 Å². The summed E-state index contributed by atoms with van der Waals surface area (Å²) in [5.41, 5.74) is 0.311. The largest absolute Gasteiger partial charge is 0.341 e. The Morgan fingerprint density at radius 2 is 1.77 bits per heavy atom. The summed E-state index contributed by atoms with van der Waals surface area (Å²) >= 11 is 0. The summed E-state index contributed by atoms with van der Waals surface area (Å²) in [6, 6.07) is 9.43. The molecule has 1 saturated carbocycles. The van der Waals surface area contributed by atoms with Crippen LogP contribution in [0.2, 0.25) is 0 Å². The van der Waals surface area contributed by atoms with E-state index in [0.717, 1.165) is 11.6 Å². The Balaban J connectivity index is 1.36. The van der Waals surface area contributed by atoms with Crippen LogP contribution < -0.4 is 0 Å². The number of H-pyrrole nitrogens is 1. The molecule has 7 nitrogen and oxygen atoms in total. The number of nitrogens with one attached hydrogen (secondary N) is 1. The van der Waals surface area contributed by atoms with Crippen molar-refractivity contribution >= 4 is 11.8 Å². The molecule has 0 bridgehead atoms. The van der Waals surface area contributed by atoms with Crippen LogP contribution in [0.15, 0.2) is 30.3 Å². The first-order valence-electron chi connectivity index (χ1n) is 11.6. The zero-order chi connectivity index (χ0) is 21.4. The molecule has 7 heteroatoms. The average Bonchev–Trinajstić information content (AvgIpc) is 3.47. The molecule has 2 aliphatic heterocycles. The Morgan fingerprint density at radius 3 is 2.48 bits per heavy atom. The van der Waals surface area contributed by atoms with Crippen molar-refractivity contribution in [3.05, 3.63) is 47.5 Å². The topological polar surface area (TPSA) is 82.2 Å². The van der Waals surface area contributed by atoms with Crippen molar-refractivity contribution in [2.75, 3.05) is 26.2 Å². The molecule has 164 valence electrons. The first-order chi connectivity index (χ1) is 15.0. The predicted octanol–water partition coefficient (Wildman–Crippen LogP) is 2.94. The molecule has 2 atom stereocenters. The van der Waals surface area contributed by atoms with Gasteiger partial charge < -0.3 is 9.80 Å². The number of aryl methyl sites for hydroxylation is 1. The van der Waals surface area contributed by atoms with Gasteiger partial charge >= 0.3 is 0 Å². The smallest absolute Gasteiger partial charge is 0.253 e. The summed E-state index contributed by atoms with van der Waals surface area (Å²) in [6.07, 6.45) is 6.80. The second-order valence-corrected chi connectivity index (χ2v) is 9.63. The molecule has 0 spiro atoms. The zero-order valence-electron chi connectivity index (χ0n) is 18.2. The van der Waals surface area contributed by atoms with E-state index in [9.17, 15) is 9.59 Å². The fraction of sp³-hybridized carbons (Fsp3) is 0.583. The summed E-state index contributed by atoms with van der Waals surface area (Å²) in [5.74, 6) is 2.50. The number of hydrogen-bond donors (Lipinski definition) is 1. The minimum absolute atomic E-state index is 0.0433. The molecule has 3 heterocycles. The van der Waals surface area contributed by atoms with E-state index in [1.807, 2.05) is 47.1 Å². The molecule has 5 rings (SSSR count). The normalized spacial score (nSPS) is 26.3. The highest BCUT2D eigenvalue weighted by atomic mass is 16.2. The summed E-state index contributed by atoms with van der Waals surface area (Å²) in [6.45, 7) is 4.35. The van der Waals surface area contributed by atoms with Crippen LogP contribution in [-0.4, -0.2) is 63.0 Å². The molecule has 1 N–H and O–H groups in total. The van der Waals surface area contributed by atoms with E-state index in [2.05, 4.69) is 15.2 Å². The molecule has 0 radical (unpaired) electrons. The van der Waals surface area contributed by atoms with Crippen LogP contribution in [0.25, 0.3) is 0 Å². The minimum Gasteiger partial charge on any atom is -0.341 e.